The standard InChI is InChI=1S/C14H22N2OS2/c1-4-12-14(17)16(7-5-10(2)18-3)13(15-12)11-6-8-19-9-11/h6,8-10,12-13,15H,4-5,7H2,1-3H3. The summed E-state index contributed by atoms with van der Waals surface area (Å²) < 4.78 is 0. The van der Waals surface area contributed by atoms with Crippen LogP contribution in [0.2, 0.25) is 0 Å². The predicted molar refractivity (Wildman–Crippen MR) is 83.6 cm³/mol. The molecule has 1 aromatic rings. The number of rotatable bonds is 6. The van der Waals surface area contributed by atoms with Crippen LogP contribution in [-0.2, 0) is 4.79 Å². The molecule has 0 bridgehead atoms. The molecule has 0 aliphatic carbocycles. The molecule has 0 spiro atoms. The molecule has 5 heteroatoms. The van der Waals surface area contributed by atoms with Gasteiger partial charge < -0.3 is 4.90 Å². The zero-order chi connectivity index (χ0) is 13.8. The summed E-state index contributed by atoms with van der Waals surface area (Å²) in [7, 11) is 0. The van der Waals surface area contributed by atoms with E-state index in [1.807, 2.05) is 16.7 Å². The molecular weight excluding hydrogens is 276 g/mol. The number of nitrogens with one attached hydrogen (secondary N) is 1. The van der Waals surface area contributed by atoms with Gasteiger partial charge in [-0.3, -0.25) is 10.1 Å². The fourth-order valence-electron chi connectivity index (χ4n) is 2.36. The van der Waals surface area contributed by atoms with Crippen molar-refractivity contribution in [3.63, 3.8) is 0 Å². The van der Waals surface area contributed by atoms with Gasteiger partial charge in [0.2, 0.25) is 5.91 Å². The lowest BCUT2D eigenvalue weighted by atomic mass is 10.2. The molecular formula is C14H22N2OS2. The lowest BCUT2D eigenvalue weighted by Gasteiger charge is -2.24. The van der Waals surface area contributed by atoms with Gasteiger partial charge in [0, 0.05) is 11.8 Å². The average Bonchev–Trinajstić information content (AvgIpc) is 3.04. The van der Waals surface area contributed by atoms with E-state index in [4.69, 9.17) is 0 Å². The van der Waals surface area contributed by atoms with Crippen molar-refractivity contribution in [2.45, 2.75) is 44.1 Å². The highest BCUT2D eigenvalue weighted by Gasteiger charge is 2.38. The molecule has 0 radical (unpaired) electrons. The quantitative estimate of drug-likeness (QED) is 0.876. The second-order valence-corrected chi connectivity index (χ2v) is 7.01. The van der Waals surface area contributed by atoms with Crippen LogP contribution in [0, 0.1) is 0 Å². The maximum Gasteiger partial charge on any atom is 0.241 e. The van der Waals surface area contributed by atoms with Crippen LogP contribution in [0.5, 0.6) is 0 Å². The number of hydrogen-bond donors (Lipinski definition) is 1. The normalized spacial score (nSPS) is 25.0. The Hall–Kier alpha value is -0.520. The molecule has 3 atom stereocenters. The van der Waals surface area contributed by atoms with Gasteiger partial charge in [0.05, 0.1) is 6.04 Å². The maximum absolute atomic E-state index is 12.4. The van der Waals surface area contributed by atoms with E-state index in [1.165, 1.54) is 5.56 Å². The number of thioether (sulfide) groups is 1. The molecule has 0 saturated carbocycles. The Morgan fingerprint density at radius 1 is 1.58 bits per heavy atom. The van der Waals surface area contributed by atoms with Crippen LogP contribution in [0.3, 0.4) is 0 Å². The lowest BCUT2D eigenvalue weighted by molar-refractivity contribution is -0.130. The van der Waals surface area contributed by atoms with Crippen LogP contribution >= 0.6 is 23.1 Å². The van der Waals surface area contributed by atoms with Gasteiger partial charge in [-0.2, -0.15) is 23.1 Å². The van der Waals surface area contributed by atoms with E-state index in [0.717, 1.165) is 19.4 Å². The molecule has 1 aliphatic rings. The zero-order valence-electron chi connectivity index (χ0n) is 11.8. The Balaban J connectivity index is 2.09. The molecule has 2 rings (SSSR count). The van der Waals surface area contributed by atoms with Gasteiger partial charge in [-0.15, -0.1) is 0 Å². The fourth-order valence-corrected chi connectivity index (χ4v) is 3.38. The molecule has 106 valence electrons. The summed E-state index contributed by atoms with van der Waals surface area (Å²) in [4.78, 5) is 14.4. The molecule has 3 nitrogen and oxygen atoms in total. The number of thiophene rings is 1. The molecule has 0 aromatic carbocycles. The number of nitrogens with zero attached hydrogens (tertiary/aromatic N) is 1. The summed E-state index contributed by atoms with van der Waals surface area (Å²) >= 11 is 3.54. The van der Waals surface area contributed by atoms with Crippen LogP contribution < -0.4 is 5.32 Å². The largest absolute Gasteiger partial charge is 0.321 e. The van der Waals surface area contributed by atoms with Crippen molar-refractivity contribution >= 4 is 29.0 Å². The van der Waals surface area contributed by atoms with Gasteiger partial charge in [-0.25, -0.2) is 0 Å². The Morgan fingerprint density at radius 3 is 2.95 bits per heavy atom. The Bertz CT molecular complexity index is 408. The van der Waals surface area contributed by atoms with E-state index in [0.29, 0.717) is 5.25 Å². The molecule has 2 heterocycles. The third-order valence-electron chi connectivity index (χ3n) is 3.70. The van der Waals surface area contributed by atoms with E-state index < -0.39 is 0 Å². The second kappa shape index (κ2) is 6.77. The lowest BCUT2D eigenvalue weighted by Crippen LogP contribution is -2.32. The summed E-state index contributed by atoms with van der Waals surface area (Å²) in [6, 6.07) is 2.09. The Kier molecular flexibility index (Phi) is 5.30. The topological polar surface area (TPSA) is 32.3 Å². The smallest absolute Gasteiger partial charge is 0.241 e. The van der Waals surface area contributed by atoms with Gasteiger partial charge >= 0.3 is 0 Å². The summed E-state index contributed by atoms with van der Waals surface area (Å²) in [6.07, 6.45) is 4.09. The van der Waals surface area contributed by atoms with Crippen molar-refractivity contribution in [3.05, 3.63) is 22.4 Å². The van der Waals surface area contributed by atoms with E-state index in [-0.39, 0.29) is 18.1 Å². The highest BCUT2D eigenvalue weighted by molar-refractivity contribution is 7.99. The Labute approximate surface area is 123 Å². The average molecular weight is 298 g/mol. The zero-order valence-corrected chi connectivity index (χ0v) is 13.4. The van der Waals surface area contributed by atoms with E-state index >= 15 is 0 Å². The predicted octanol–water partition coefficient (Wildman–Crippen LogP) is 3.10. The van der Waals surface area contributed by atoms with Gasteiger partial charge in [0.25, 0.3) is 0 Å². The fraction of sp³-hybridized carbons (Fsp3) is 0.643. The molecule has 19 heavy (non-hydrogen) atoms. The molecule has 1 aromatic heterocycles. The van der Waals surface area contributed by atoms with Crippen LogP contribution in [0.25, 0.3) is 0 Å². The molecule has 1 amide bonds. The van der Waals surface area contributed by atoms with Crippen molar-refractivity contribution in [1.82, 2.24) is 10.2 Å². The second-order valence-electron chi connectivity index (χ2n) is 4.95. The van der Waals surface area contributed by atoms with Crippen LogP contribution in [0.4, 0.5) is 0 Å². The molecule has 1 fully saturated rings. The number of carbonyl (C=O) groups is 1. The number of hydrogen-bond acceptors (Lipinski definition) is 4. The van der Waals surface area contributed by atoms with Crippen LogP contribution in [-0.4, -0.2) is 34.9 Å². The van der Waals surface area contributed by atoms with Crippen LogP contribution in [0.15, 0.2) is 16.8 Å². The molecule has 1 N–H and O–H groups in total. The summed E-state index contributed by atoms with van der Waals surface area (Å²) in [5.41, 5.74) is 1.21. The van der Waals surface area contributed by atoms with Gasteiger partial charge in [-0.1, -0.05) is 13.8 Å². The molecule has 3 unspecified atom stereocenters. The summed E-state index contributed by atoms with van der Waals surface area (Å²) in [5, 5.41) is 8.26. The van der Waals surface area contributed by atoms with Gasteiger partial charge in [0.1, 0.15) is 6.17 Å². The maximum atomic E-state index is 12.4. The summed E-state index contributed by atoms with van der Waals surface area (Å²) in [5.74, 6) is 0.256. The third-order valence-corrected chi connectivity index (χ3v) is 5.44. The van der Waals surface area contributed by atoms with Crippen molar-refractivity contribution in [1.29, 1.82) is 0 Å². The Morgan fingerprint density at radius 2 is 2.37 bits per heavy atom. The minimum Gasteiger partial charge on any atom is -0.321 e. The first-order chi connectivity index (χ1) is 9.17. The molecule has 1 aliphatic heterocycles. The first-order valence-corrected chi connectivity index (χ1v) is 9.01. The van der Waals surface area contributed by atoms with Gasteiger partial charge in [-0.05, 0) is 41.5 Å². The first kappa shape index (κ1) is 14.9. The minimum atomic E-state index is -0.0190. The molecule has 1 saturated heterocycles. The first-order valence-electron chi connectivity index (χ1n) is 6.78. The van der Waals surface area contributed by atoms with Crippen LogP contribution in [0.1, 0.15) is 38.4 Å². The van der Waals surface area contributed by atoms with E-state index in [1.54, 1.807) is 11.3 Å². The van der Waals surface area contributed by atoms with E-state index in [2.05, 4.69) is 42.2 Å². The SMILES string of the molecule is CCC1NC(c2ccsc2)N(CCC(C)SC)C1=O. The van der Waals surface area contributed by atoms with Gasteiger partial charge in [0.15, 0.2) is 0 Å². The summed E-state index contributed by atoms with van der Waals surface area (Å²) in [6.45, 7) is 5.12. The number of carbonyl (C=O) groups excluding carboxylic acids is 1. The highest BCUT2D eigenvalue weighted by Crippen LogP contribution is 2.28. The minimum absolute atomic E-state index is 0.0190. The van der Waals surface area contributed by atoms with E-state index in [9.17, 15) is 4.79 Å². The third kappa shape index (κ3) is 3.33. The van der Waals surface area contributed by atoms with Crippen molar-refractivity contribution in [2.24, 2.45) is 0 Å². The highest BCUT2D eigenvalue weighted by atomic mass is 32.2. The van der Waals surface area contributed by atoms with Crippen molar-refractivity contribution in [3.8, 4) is 0 Å². The van der Waals surface area contributed by atoms with Crippen molar-refractivity contribution in [2.75, 3.05) is 12.8 Å². The number of amides is 1. The monoisotopic (exact) mass is 298 g/mol. The van der Waals surface area contributed by atoms with Crippen molar-refractivity contribution < 1.29 is 4.79 Å².